The first-order valence-electron chi connectivity index (χ1n) is 11.4. The Bertz CT molecular complexity index is 1100. The van der Waals surface area contributed by atoms with Crippen molar-refractivity contribution in [1.82, 2.24) is 0 Å². The Morgan fingerprint density at radius 3 is 1.20 bits per heavy atom. The minimum atomic E-state index is -1.75. The van der Waals surface area contributed by atoms with E-state index in [4.69, 9.17) is 55.4 Å². The number of Topliss-reactive ketones (excluding diaryl/α,β-unsaturated/α-hetero) is 1. The maximum Gasteiger partial charge on any atom is 3.00 e. The van der Waals surface area contributed by atoms with E-state index in [1.54, 1.807) is 48.8 Å². The van der Waals surface area contributed by atoms with Crippen LogP contribution in [0.25, 0.3) is 0 Å². The van der Waals surface area contributed by atoms with E-state index in [9.17, 15) is 15.0 Å². The molecule has 0 aliphatic rings. The van der Waals surface area contributed by atoms with Crippen molar-refractivity contribution in [3.63, 3.8) is 0 Å². The van der Waals surface area contributed by atoms with Crippen molar-refractivity contribution in [2.75, 3.05) is 27.3 Å². The van der Waals surface area contributed by atoms with Crippen LogP contribution >= 0.6 is 0 Å². The summed E-state index contributed by atoms with van der Waals surface area (Å²) in [5.41, 5.74) is 0.749. The number of methoxy groups -OCH3 is 2. The molecule has 0 heterocycles. The van der Waals surface area contributed by atoms with Crippen molar-refractivity contribution in [3.8, 4) is 23.0 Å². The maximum atomic E-state index is 12.1. The normalized spacial score (nSPS) is 9.38. The summed E-state index contributed by atoms with van der Waals surface area (Å²) in [4.78, 5) is 43.0. The zero-order valence-corrected chi connectivity index (χ0v) is 27.7. The fourth-order valence-corrected chi connectivity index (χ4v) is 2.42. The molecule has 21 heteroatoms. The molecule has 2 aromatic rings. The first-order chi connectivity index (χ1) is 19.8. The van der Waals surface area contributed by atoms with Gasteiger partial charge in [0.15, 0.2) is 0 Å². The second kappa shape index (κ2) is 28.8. The first-order valence-corrected chi connectivity index (χ1v) is 11.4. The smallest absolute Gasteiger partial charge is 0.870 e. The molecule has 0 atom stereocenters. The summed E-state index contributed by atoms with van der Waals surface area (Å²) in [5, 5.41) is 68.4. The quantitative estimate of drug-likeness (QED) is 0.160. The number of rotatable bonds is 8. The number of ketones is 1. The molecule has 2 aromatic carbocycles. The average molecular weight is 835 g/mol. The Kier molecular flexibility index (Phi) is 32.4. The Morgan fingerprint density at radius 1 is 0.733 bits per heavy atom. The van der Waals surface area contributed by atoms with Crippen LogP contribution in [0, 0.1) is 90.0 Å². The number of benzene rings is 2. The van der Waals surface area contributed by atoms with Gasteiger partial charge in [0.1, 0.15) is 17.3 Å². The topological polar surface area (TPSA) is 305 Å². The average Bonchev–Trinajstić information content (AvgIpc) is 2.84. The molecule has 0 N–H and O–H groups in total. The van der Waals surface area contributed by atoms with Crippen molar-refractivity contribution in [2.45, 2.75) is 27.7 Å². The SMILES string of the molecule is CC(C)=O.COc1cccc(C=NCC(C)(C)CN=Cc2cccc(OC)c2[O-])c1[O-].O=[N+]([O-])[O-].O=[N+]([O-])[O-].O=[N+]([O-])[O-].[Cu+2].[Tb+3]. The van der Waals surface area contributed by atoms with Crippen molar-refractivity contribution < 1.29 is 95.4 Å². The summed E-state index contributed by atoms with van der Waals surface area (Å²) in [6, 6.07) is 10.2. The predicted octanol–water partition coefficient (Wildman–Crippen LogP) is 2.29. The van der Waals surface area contributed by atoms with Crippen LogP contribution in [-0.2, 0) is 21.9 Å². The number of carbonyl (C=O) groups excluding carboxylic acids is 1. The molecule has 0 fully saturated rings. The molecular formula is C24H30CuN5O14Tb. The summed E-state index contributed by atoms with van der Waals surface area (Å²) in [6.45, 7) is 8.08. The van der Waals surface area contributed by atoms with Gasteiger partial charge in [0.05, 0.1) is 29.5 Å². The zero-order chi connectivity index (χ0) is 34.2. The molecule has 0 bridgehead atoms. The van der Waals surface area contributed by atoms with Crippen molar-refractivity contribution in [3.05, 3.63) is 93.5 Å². The van der Waals surface area contributed by atoms with Crippen LogP contribution in [0.1, 0.15) is 38.8 Å². The van der Waals surface area contributed by atoms with Gasteiger partial charge in [0.25, 0.3) is 0 Å². The molecule has 19 nitrogen and oxygen atoms in total. The number of aliphatic imine (C=N–C) groups is 2. The van der Waals surface area contributed by atoms with Gasteiger partial charge in [-0.15, -0.1) is 0 Å². The van der Waals surface area contributed by atoms with Gasteiger partial charge in [-0.3, -0.25) is 9.98 Å². The van der Waals surface area contributed by atoms with Gasteiger partial charge in [-0.05, 0) is 37.1 Å². The van der Waals surface area contributed by atoms with Gasteiger partial charge >= 0.3 is 55.7 Å². The zero-order valence-electron chi connectivity index (χ0n) is 24.6. The standard InChI is InChI=1S/C21H26N2O4.C3H6O.Cu.3NO3.Tb/c1-21(2,13-22-11-15-7-5-9-17(26-3)19(15)24)14-23-12-16-8-6-10-18(27-4)20(16)25;1-3(2)4;;3*2-1(3)4;/h5-12,24-25H,13-14H2,1-4H3;1-2H3;;;;;/q;;+2;3*-1;+3/p-2. The maximum absolute atomic E-state index is 12.1. The van der Waals surface area contributed by atoms with Crippen molar-refractivity contribution in [2.24, 2.45) is 15.4 Å². The van der Waals surface area contributed by atoms with E-state index in [0.717, 1.165) is 0 Å². The molecule has 255 valence electrons. The predicted molar refractivity (Wildman–Crippen MR) is 151 cm³/mol. The van der Waals surface area contributed by atoms with E-state index in [1.807, 2.05) is 13.8 Å². The minimum absolute atomic E-state index is 0. The van der Waals surface area contributed by atoms with Crippen LogP contribution in [0.2, 0.25) is 0 Å². The number of ether oxygens (including phenoxy) is 2. The van der Waals surface area contributed by atoms with Crippen molar-refractivity contribution in [1.29, 1.82) is 0 Å². The second-order valence-electron chi connectivity index (χ2n) is 8.44. The number of hydrogen-bond donors (Lipinski definition) is 0. The Hall–Kier alpha value is -3.94. The van der Waals surface area contributed by atoms with Gasteiger partial charge in [-0.2, -0.15) is 0 Å². The van der Waals surface area contributed by atoms with Gasteiger partial charge in [-0.25, -0.2) is 0 Å². The number of nitrogens with zero attached hydrogens (tertiary/aromatic N) is 5. The molecule has 0 spiro atoms. The fourth-order valence-electron chi connectivity index (χ4n) is 2.42. The van der Waals surface area contributed by atoms with E-state index in [2.05, 4.69) is 9.98 Å². The van der Waals surface area contributed by atoms with Gasteiger partial charge < -0.3 is 70.4 Å². The monoisotopic (exact) mass is 834 g/mol. The fraction of sp³-hybridized carbons (Fsp3) is 0.375. The molecule has 2 rings (SSSR count). The van der Waals surface area contributed by atoms with Gasteiger partial charge in [0.2, 0.25) is 0 Å². The third kappa shape index (κ3) is 32.8. The van der Waals surface area contributed by atoms with Gasteiger partial charge in [0, 0.05) is 30.9 Å². The molecule has 45 heavy (non-hydrogen) atoms. The number of para-hydroxylation sites is 2. The molecule has 0 aliphatic heterocycles. The molecule has 0 saturated heterocycles. The van der Waals surface area contributed by atoms with E-state index in [0.29, 0.717) is 35.7 Å². The number of hydrogen-bond acceptors (Lipinski definition) is 16. The largest absolute Gasteiger partial charge is 3.00 e. The molecule has 0 unspecified atom stereocenters. The molecule has 0 saturated carbocycles. The van der Waals surface area contributed by atoms with Crippen LogP contribution in [0.5, 0.6) is 23.0 Å². The molecule has 0 aromatic heterocycles. The van der Waals surface area contributed by atoms with Crippen LogP contribution in [0.4, 0.5) is 0 Å². The van der Waals surface area contributed by atoms with E-state index in [-0.39, 0.29) is 78.4 Å². The van der Waals surface area contributed by atoms with E-state index in [1.165, 1.54) is 28.1 Å². The molecule has 0 aliphatic carbocycles. The summed E-state index contributed by atoms with van der Waals surface area (Å²) in [6.07, 6.45) is 3.13. The summed E-state index contributed by atoms with van der Waals surface area (Å²) in [7, 11) is 2.93. The van der Waals surface area contributed by atoms with Crippen LogP contribution in [-0.4, -0.2) is 60.8 Å². The Labute approximate surface area is 298 Å². The molecule has 0 amide bonds. The first kappa shape index (κ1) is 50.7. The third-order valence-corrected chi connectivity index (χ3v) is 3.96. The summed E-state index contributed by atoms with van der Waals surface area (Å²) in [5.74, 6) is 0.408. The molecular weight excluding hydrogens is 805 g/mol. The second-order valence-corrected chi connectivity index (χ2v) is 8.44. The molecule has 1 radical (unpaired) electrons. The summed E-state index contributed by atoms with van der Waals surface area (Å²) >= 11 is 0. The van der Waals surface area contributed by atoms with Crippen LogP contribution in [0.3, 0.4) is 0 Å². The van der Waals surface area contributed by atoms with Crippen LogP contribution in [0.15, 0.2) is 46.4 Å². The summed E-state index contributed by atoms with van der Waals surface area (Å²) < 4.78 is 10.1. The minimum Gasteiger partial charge on any atom is -0.870 e. The Morgan fingerprint density at radius 2 is 0.978 bits per heavy atom. The third-order valence-electron chi connectivity index (χ3n) is 3.96. The van der Waals surface area contributed by atoms with Crippen molar-refractivity contribution >= 4 is 18.2 Å². The van der Waals surface area contributed by atoms with E-state index >= 15 is 0 Å². The van der Waals surface area contributed by atoms with Gasteiger partial charge in [-0.1, -0.05) is 49.6 Å². The van der Waals surface area contributed by atoms with Crippen LogP contribution < -0.4 is 19.7 Å². The van der Waals surface area contributed by atoms with E-state index < -0.39 is 15.3 Å². The Balaban J connectivity index is -0.000000246. The number of carbonyl (C=O) groups is 1.